The van der Waals surface area contributed by atoms with Gasteiger partial charge in [0.2, 0.25) is 5.91 Å². The summed E-state index contributed by atoms with van der Waals surface area (Å²) in [6.45, 7) is 2.58. The Kier molecular flexibility index (Phi) is 5.64. The molecular formula is C22H26N4O3. The third kappa shape index (κ3) is 4.34. The van der Waals surface area contributed by atoms with Gasteiger partial charge < -0.3 is 14.6 Å². The van der Waals surface area contributed by atoms with Crippen LogP contribution in [0.2, 0.25) is 0 Å². The average molecular weight is 394 g/mol. The quantitative estimate of drug-likeness (QED) is 0.697. The lowest BCUT2D eigenvalue weighted by Crippen LogP contribution is -2.39. The molecule has 2 heterocycles. The second-order valence-corrected chi connectivity index (χ2v) is 7.45. The number of hydrogen-bond acceptors (Lipinski definition) is 4. The predicted octanol–water partition coefficient (Wildman–Crippen LogP) is 3.01. The molecule has 1 saturated carbocycles. The van der Waals surface area contributed by atoms with Crippen LogP contribution in [0, 0.1) is 0 Å². The number of rotatable bonds is 6. The largest absolute Gasteiger partial charge is 0.494 e. The number of carbonyl (C=O) groups is 1. The lowest BCUT2D eigenvalue weighted by atomic mass is 9.95. The highest BCUT2D eigenvalue weighted by atomic mass is 16.5. The minimum atomic E-state index is -0.226. The normalized spacial score (nSPS) is 14.8. The molecule has 1 aliphatic carbocycles. The molecule has 0 atom stereocenters. The molecule has 1 fully saturated rings. The van der Waals surface area contributed by atoms with E-state index in [-0.39, 0.29) is 24.1 Å². The Hall–Kier alpha value is -3.09. The Labute approximate surface area is 169 Å². The highest BCUT2D eigenvalue weighted by Crippen LogP contribution is 2.22. The Bertz CT molecular complexity index is 1050. The smallest absolute Gasteiger partial charge is 0.277 e. The fraction of sp³-hybridized carbons (Fsp3) is 0.409. The molecular weight excluding hydrogens is 368 g/mol. The average Bonchev–Trinajstić information content (AvgIpc) is 3.17. The molecule has 7 nitrogen and oxygen atoms in total. The number of nitrogens with one attached hydrogen (secondary N) is 1. The van der Waals surface area contributed by atoms with E-state index >= 15 is 0 Å². The molecule has 0 aliphatic heterocycles. The molecule has 0 radical (unpaired) electrons. The maximum atomic E-state index is 12.8. The maximum absolute atomic E-state index is 12.8. The van der Waals surface area contributed by atoms with E-state index in [2.05, 4.69) is 10.4 Å². The molecule has 0 spiro atoms. The van der Waals surface area contributed by atoms with Crippen LogP contribution >= 0.6 is 0 Å². The van der Waals surface area contributed by atoms with Crippen molar-refractivity contribution in [3.8, 4) is 17.0 Å². The van der Waals surface area contributed by atoms with Crippen molar-refractivity contribution in [3.05, 3.63) is 53.1 Å². The Morgan fingerprint density at radius 1 is 1.17 bits per heavy atom. The molecule has 1 aromatic carbocycles. The van der Waals surface area contributed by atoms with E-state index in [1.54, 1.807) is 23.0 Å². The summed E-state index contributed by atoms with van der Waals surface area (Å²) in [5, 5.41) is 7.55. The first-order valence-corrected chi connectivity index (χ1v) is 10.3. The summed E-state index contributed by atoms with van der Waals surface area (Å²) in [7, 11) is 0. The standard InChI is InChI=1S/C22H26N4O3/c1-2-29-18-10-8-16(9-11-18)19-14-20-22(28)25(12-13-26(20)24-19)15-21(27)23-17-6-4-3-5-7-17/h8-14,17H,2-7,15H2,1H3,(H,23,27). The molecule has 0 saturated heterocycles. The van der Waals surface area contributed by atoms with Gasteiger partial charge in [-0.3, -0.25) is 9.59 Å². The summed E-state index contributed by atoms with van der Waals surface area (Å²) >= 11 is 0. The number of nitrogens with zero attached hydrogens (tertiary/aromatic N) is 3. The van der Waals surface area contributed by atoms with Gasteiger partial charge in [-0.15, -0.1) is 0 Å². The highest BCUT2D eigenvalue weighted by Gasteiger charge is 2.17. The van der Waals surface area contributed by atoms with E-state index < -0.39 is 0 Å². The third-order valence-corrected chi connectivity index (χ3v) is 5.35. The van der Waals surface area contributed by atoms with E-state index in [1.165, 1.54) is 11.0 Å². The van der Waals surface area contributed by atoms with Crippen LogP contribution in [0.15, 0.2) is 47.5 Å². The monoisotopic (exact) mass is 394 g/mol. The maximum Gasteiger partial charge on any atom is 0.277 e. The van der Waals surface area contributed by atoms with Crippen molar-refractivity contribution in [2.75, 3.05) is 6.61 Å². The van der Waals surface area contributed by atoms with E-state index in [9.17, 15) is 9.59 Å². The van der Waals surface area contributed by atoms with Crippen LogP contribution in [0.3, 0.4) is 0 Å². The molecule has 0 bridgehead atoms. The summed E-state index contributed by atoms with van der Waals surface area (Å²) in [5.74, 6) is 0.681. The van der Waals surface area contributed by atoms with Crippen LogP contribution in [0.5, 0.6) is 5.75 Å². The Morgan fingerprint density at radius 2 is 1.93 bits per heavy atom. The van der Waals surface area contributed by atoms with Gasteiger partial charge in [-0.1, -0.05) is 19.3 Å². The molecule has 0 unspecified atom stereocenters. The van der Waals surface area contributed by atoms with Crippen molar-refractivity contribution >= 4 is 11.4 Å². The third-order valence-electron chi connectivity index (χ3n) is 5.35. The zero-order valence-corrected chi connectivity index (χ0v) is 16.6. The number of fused-ring (bicyclic) bond motifs is 1. The van der Waals surface area contributed by atoms with Crippen molar-refractivity contribution < 1.29 is 9.53 Å². The van der Waals surface area contributed by atoms with E-state index in [1.807, 2.05) is 31.2 Å². The predicted molar refractivity (Wildman–Crippen MR) is 111 cm³/mol. The second kappa shape index (κ2) is 8.51. The van der Waals surface area contributed by atoms with Crippen LogP contribution in [-0.2, 0) is 11.3 Å². The molecule has 4 rings (SSSR count). The van der Waals surface area contributed by atoms with Gasteiger partial charge in [0.1, 0.15) is 17.8 Å². The molecule has 152 valence electrons. The minimum Gasteiger partial charge on any atom is -0.494 e. The summed E-state index contributed by atoms with van der Waals surface area (Å²) in [6.07, 6.45) is 8.91. The van der Waals surface area contributed by atoms with Crippen molar-refractivity contribution in [1.29, 1.82) is 0 Å². The fourth-order valence-corrected chi connectivity index (χ4v) is 3.86. The van der Waals surface area contributed by atoms with E-state index in [0.29, 0.717) is 17.8 Å². The topological polar surface area (TPSA) is 77.6 Å². The van der Waals surface area contributed by atoms with Crippen LogP contribution in [0.25, 0.3) is 16.8 Å². The van der Waals surface area contributed by atoms with Crippen molar-refractivity contribution in [3.63, 3.8) is 0 Å². The lowest BCUT2D eigenvalue weighted by molar-refractivity contribution is -0.122. The Balaban J connectivity index is 1.52. The first kappa shape index (κ1) is 19.2. The van der Waals surface area contributed by atoms with Crippen LogP contribution in [0.1, 0.15) is 39.0 Å². The van der Waals surface area contributed by atoms with Gasteiger partial charge in [-0.2, -0.15) is 5.10 Å². The number of aromatic nitrogens is 3. The van der Waals surface area contributed by atoms with Gasteiger partial charge in [-0.25, -0.2) is 4.52 Å². The van der Waals surface area contributed by atoms with Crippen LogP contribution in [0.4, 0.5) is 0 Å². The van der Waals surface area contributed by atoms with Gasteiger partial charge >= 0.3 is 0 Å². The number of carbonyl (C=O) groups excluding carboxylic acids is 1. The molecule has 1 N–H and O–H groups in total. The number of hydrogen-bond donors (Lipinski definition) is 1. The molecule has 3 aromatic rings. The fourth-order valence-electron chi connectivity index (χ4n) is 3.86. The zero-order chi connectivity index (χ0) is 20.2. The number of ether oxygens (including phenoxy) is 1. The van der Waals surface area contributed by atoms with Gasteiger partial charge in [-0.05, 0) is 50.1 Å². The molecule has 29 heavy (non-hydrogen) atoms. The zero-order valence-electron chi connectivity index (χ0n) is 16.6. The summed E-state index contributed by atoms with van der Waals surface area (Å²) in [6, 6.07) is 9.60. The van der Waals surface area contributed by atoms with E-state index in [4.69, 9.17) is 4.74 Å². The highest BCUT2D eigenvalue weighted by molar-refractivity contribution is 5.76. The van der Waals surface area contributed by atoms with Crippen LogP contribution in [-0.4, -0.2) is 32.7 Å². The molecule has 1 amide bonds. The van der Waals surface area contributed by atoms with Gasteiger partial charge in [0.15, 0.2) is 0 Å². The van der Waals surface area contributed by atoms with Crippen molar-refractivity contribution in [2.45, 2.75) is 51.6 Å². The first-order valence-electron chi connectivity index (χ1n) is 10.3. The molecule has 7 heteroatoms. The summed E-state index contributed by atoms with van der Waals surface area (Å²) in [4.78, 5) is 25.2. The minimum absolute atomic E-state index is 0.0232. The Morgan fingerprint density at radius 3 is 2.66 bits per heavy atom. The molecule has 1 aliphatic rings. The van der Waals surface area contributed by atoms with E-state index in [0.717, 1.165) is 37.0 Å². The summed E-state index contributed by atoms with van der Waals surface area (Å²) < 4.78 is 8.47. The van der Waals surface area contributed by atoms with Gasteiger partial charge in [0.25, 0.3) is 5.56 Å². The first-order chi connectivity index (χ1) is 14.1. The summed E-state index contributed by atoms with van der Waals surface area (Å²) in [5.41, 5.74) is 1.82. The van der Waals surface area contributed by atoms with Crippen LogP contribution < -0.4 is 15.6 Å². The number of amides is 1. The van der Waals surface area contributed by atoms with Gasteiger partial charge in [0.05, 0.1) is 12.3 Å². The second-order valence-electron chi connectivity index (χ2n) is 7.45. The number of benzene rings is 1. The molecule has 2 aromatic heterocycles. The van der Waals surface area contributed by atoms with Crippen molar-refractivity contribution in [2.24, 2.45) is 0 Å². The van der Waals surface area contributed by atoms with Crippen molar-refractivity contribution in [1.82, 2.24) is 19.5 Å². The lowest BCUT2D eigenvalue weighted by Gasteiger charge is -2.22. The SMILES string of the molecule is CCOc1ccc(-c2cc3c(=O)n(CC(=O)NC4CCCCC4)ccn3n2)cc1. The van der Waals surface area contributed by atoms with Gasteiger partial charge in [0, 0.05) is 24.0 Å².